The van der Waals surface area contributed by atoms with Crippen molar-refractivity contribution in [2.45, 2.75) is 50.7 Å². The van der Waals surface area contributed by atoms with Crippen molar-refractivity contribution in [1.82, 2.24) is 29.9 Å². The van der Waals surface area contributed by atoms with E-state index >= 15 is 0 Å². The van der Waals surface area contributed by atoms with Crippen LogP contribution in [0.5, 0.6) is 0 Å². The monoisotopic (exact) mass is 562 g/mol. The molecule has 1 amide bonds. The number of aryl methyl sites for hydroxylation is 2. The Morgan fingerprint density at radius 2 is 1.68 bits per heavy atom. The van der Waals surface area contributed by atoms with Crippen molar-refractivity contribution in [3.8, 4) is 5.82 Å². The molecule has 1 unspecified atom stereocenters. The lowest BCUT2D eigenvalue weighted by Gasteiger charge is -2.25. The molecule has 2 aromatic carbocycles. The Hall–Kier alpha value is -4.32. The number of nitrogens with zero attached hydrogens (tertiary/aromatic N) is 6. The predicted octanol–water partition coefficient (Wildman–Crippen LogP) is 5.42. The van der Waals surface area contributed by atoms with Gasteiger partial charge in [0.15, 0.2) is 5.82 Å². The Labute approximate surface area is 234 Å². The summed E-state index contributed by atoms with van der Waals surface area (Å²) >= 11 is 0. The van der Waals surface area contributed by atoms with Gasteiger partial charge >= 0.3 is 6.18 Å². The molecule has 1 atom stereocenters. The normalized spacial score (nSPS) is 17.6. The number of halogens is 3. The van der Waals surface area contributed by atoms with Gasteiger partial charge in [-0.2, -0.15) is 27.9 Å². The van der Waals surface area contributed by atoms with E-state index in [0.717, 1.165) is 43.5 Å². The zero-order valence-electron chi connectivity index (χ0n) is 22.2. The minimum Gasteiger partial charge on any atom is -0.324 e. The lowest BCUT2D eigenvalue weighted by atomic mass is 10.0. The molecule has 1 aliphatic heterocycles. The van der Waals surface area contributed by atoms with E-state index in [2.05, 4.69) is 35.8 Å². The second-order valence-corrected chi connectivity index (χ2v) is 10.4. The number of para-hydroxylation sites is 1. The fourth-order valence-electron chi connectivity index (χ4n) is 5.55. The molecule has 6 rings (SSSR count). The number of anilines is 3. The Morgan fingerprint density at radius 3 is 2.44 bits per heavy atom. The molecule has 0 spiro atoms. The largest absolute Gasteiger partial charge is 0.453 e. The lowest BCUT2D eigenvalue weighted by Crippen LogP contribution is -2.32. The fourth-order valence-corrected chi connectivity index (χ4v) is 5.55. The van der Waals surface area contributed by atoms with Gasteiger partial charge in [-0.15, -0.1) is 10.2 Å². The molecule has 2 aliphatic rings. The summed E-state index contributed by atoms with van der Waals surface area (Å²) in [6.07, 6.45) is 2.99. The summed E-state index contributed by atoms with van der Waals surface area (Å²) < 4.78 is 41.9. The summed E-state index contributed by atoms with van der Waals surface area (Å²) in [4.78, 5) is 19.1. The molecule has 3 heterocycles. The van der Waals surface area contributed by atoms with Gasteiger partial charge in [-0.25, -0.2) is 0 Å². The van der Waals surface area contributed by atoms with Crippen LogP contribution >= 0.6 is 0 Å². The van der Waals surface area contributed by atoms with Crippen LogP contribution in [-0.2, 0) is 19.0 Å². The number of amides is 1. The van der Waals surface area contributed by atoms with Crippen molar-refractivity contribution in [3.05, 3.63) is 83.3 Å². The highest BCUT2D eigenvalue weighted by Gasteiger charge is 2.38. The number of benzene rings is 2. The van der Waals surface area contributed by atoms with Gasteiger partial charge in [0.05, 0.1) is 11.8 Å². The van der Waals surface area contributed by atoms with E-state index < -0.39 is 17.9 Å². The third-order valence-electron chi connectivity index (χ3n) is 7.63. The summed E-state index contributed by atoms with van der Waals surface area (Å²) in [7, 11) is 0. The maximum absolute atomic E-state index is 13.7. The average Bonchev–Trinajstić information content (AvgIpc) is 3.61. The molecule has 0 bridgehead atoms. The molecular formula is C29H29F3N8O. The molecule has 1 aliphatic carbocycles. The van der Waals surface area contributed by atoms with Gasteiger partial charge in [0.25, 0.3) is 11.7 Å². The molecular weight excluding hydrogens is 533 g/mol. The molecule has 0 saturated carbocycles. The first-order valence-corrected chi connectivity index (χ1v) is 13.7. The number of rotatable bonds is 6. The van der Waals surface area contributed by atoms with Crippen LogP contribution < -0.4 is 10.6 Å². The number of hydrogen-bond donors (Lipinski definition) is 2. The van der Waals surface area contributed by atoms with Crippen LogP contribution in [-0.4, -0.2) is 54.9 Å². The highest BCUT2D eigenvalue weighted by atomic mass is 19.4. The minimum absolute atomic E-state index is 0.0839. The van der Waals surface area contributed by atoms with E-state index in [9.17, 15) is 18.0 Å². The second kappa shape index (κ2) is 11.3. The molecule has 212 valence electrons. The maximum Gasteiger partial charge on any atom is 0.453 e. The van der Waals surface area contributed by atoms with Crippen molar-refractivity contribution in [2.75, 3.05) is 23.7 Å². The van der Waals surface area contributed by atoms with Crippen LogP contribution in [0.3, 0.4) is 0 Å². The first kappa shape index (κ1) is 26.9. The number of fused-ring (bicyclic) bond motifs is 1. The molecule has 9 nitrogen and oxygen atoms in total. The number of alkyl halides is 3. The molecule has 1 fully saturated rings. The molecule has 41 heavy (non-hydrogen) atoms. The van der Waals surface area contributed by atoms with E-state index in [1.165, 1.54) is 36.2 Å². The van der Waals surface area contributed by atoms with Crippen LogP contribution in [0, 0.1) is 0 Å². The van der Waals surface area contributed by atoms with Crippen molar-refractivity contribution in [3.63, 3.8) is 0 Å². The van der Waals surface area contributed by atoms with Crippen molar-refractivity contribution in [2.24, 2.45) is 0 Å². The molecule has 2 aromatic heterocycles. The first-order valence-electron chi connectivity index (χ1n) is 13.7. The second-order valence-electron chi connectivity index (χ2n) is 10.4. The van der Waals surface area contributed by atoms with Crippen LogP contribution in [0.1, 0.15) is 53.0 Å². The van der Waals surface area contributed by atoms with E-state index in [1.807, 2.05) is 24.3 Å². The number of hydrogen-bond acceptors (Lipinski definition) is 7. The summed E-state index contributed by atoms with van der Waals surface area (Å²) in [6, 6.07) is 16.5. The minimum atomic E-state index is -4.78. The molecule has 2 N–H and O–H groups in total. The topological polar surface area (TPSA) is 101 Å². The number of likely N-dealkylation sites (tertiary alicyclic amines) is 1. The van der Waals surface area contributed by atoms with Crippen molar-refractivity contribution >= 4 is 23.2 Å². The summed E-state index contributed by atoms with van der Waals surface area (Å²) in [5.41, 5.74) is 3.70. The molecule has 4 aromatic rings. The third-order valence-corrected chi connectivity index (χ3v) is 7.63. The van der Waals surface area contributed by atoms with E-state index in [-0.39, 0.29) is 17.3 Å². The number of aromatic nitrogens is 5. The van der Waals surface area contributed by atoms with Gasteiger partial charge in [0, 0.05) is 17.4 Å². The van der Waals surface area contributed by atoms with Crippen LogP contribution in [0.2, 0.25) is 0 Å². The van der Waals surface area contributed by atoms with Crippen molar-refractivity contribution < 1.29 is 18.0 Å². The highest BCUT2D eigenvalue weighted by molar-refractivity contribution is 6.04. The van der Waals surface area contributed by atoms with Gasteiger partial charge < -0.3 is 15.5 Å². The van der Waals surface area contributed by atoms with Crippen LogP contribution in [0.4, 0.5) is 30.5 Å². The van der Waals surface area contributed by atoms with E-state index in [0.29, 0.717) is 17.4 Å². The number of carbonyl (C=O) groups excluding carboxylic acids is 1. The first-order chi connectivity index (χ1) is 19.8. The SMILES string of the molecule is O=C(Nc1ccccc1)c1cnnc(-n2nc(C(F)(F)F)nc2Nc2ccc3c(c2)CCC(N2CCCC2)CC3)c1. The zero-order chi connectivity index (χ0) is 28.4. The van der Waals surface area contributed by atoms with Crippen molar-refractivity contribution in [1.29, 1.82) is 0 Å². The molecule has 12 heteroatoms. The maximum atomic E-state index is 13.7. The summed E-state index contributed by atoms with van der Waals surface area (Å²) in [5, 5.41) is 17.2. The number of carbonyl (C=O) groups is 1. The Bertz CT molecular complexity index is 1530. The third kappa shape index (κ3) is 6.07. The number of nitrogens with one attached hydrogen (secondary N) is 2. The average molecular weight is 563 g/mol. The van der Waals surface area contributed by atoms with Gasteiger partial charge in [-0.1, -0.05) is 24.3 Å². The zero-order valence-corrected chi connectivity index (χ0v) is 22.2. The smallest absolute Gasteiger partial charge is 0.324 e. The fraction of sp³-hybridized carbons (Fsp3) is 0.345. The molecule has 0 radical (unpaired) electrons. The van der Waals surface area contributed by atoms with Gasteiger partial charge in [-0.05, 0) is 93.1 Å². The predicted molar refractivity (Wildman–Crippen MR) is 147 cm³/mol. The van der Waals surface area contributed by atoms with Crippen LogP contribution in [0.15, 0.2) is 60.8 Å². The Balaban J connectivity index is 1.26. The summed E-state index contributed by atoms with van der Waals surface area (Å²) in [5.74, 6) is -2.09. The Morgan fingerprint density at radius 1 is 0.927 bits per heavy atom. The summed E-state index contributed by atoms with van der Waals surface area (Å²) in [6.45, 7) is 2.31. The van der Waals surface area contributed by atoms with E-state index in [4.69, 9.17) is 0 Å². The van der Waals surface area contributed by atoms with Gasteiger partial charge in [0.2, 0.25) is 5.95 Å². The quantitative estimate of drug-likeness (QED) is 0.303. The Kier molecular flexibility index (Phi) is 7.39. The van der Waals surface area contributed by atoms with Crippen LogP contribution in [0.25, 0.3) is 5.82 Å². The van der Waals surface area contributed by atoms with Gasteiger partial charge in [0.1, 0.15) is 0 Å². The lowest BCUT2D eigenvalue weighted by molar-refractivity contribution is -0.144. The standard InChI is InChI=1S/C29H29F3N8O/c30-29(31,32)27-36-28(35-23-11-8-19-9-12-24(13-10-20(19)16-23)39-14-4-5-15-39)40(38-27)25-17-21(18-33-37-25)26(41)34-22-6-2-1-3-7-22/h1-3,6-8,11,16-18,24H,4-5,9-10,12-15H2,(H,34,41)(H,35,36,38). The van der Waals surface area contributed by atoms with Gasteiger partial charge in [-0.3, -0.25) is 4.79 Å². The van der Waals surface area contributed by atoms with E-state index in [1.54, 1.807) is 24.3 Å². The molecule has 1 saturated heterocycles. The highest BCUT2D eigenvalue weighted by Crippen LogP contribution is 2.31.